The van der Waals surface area contributed by atoms with Gasteiger partial charge in [0.15, 0.2) is 5.82 Å². The van der Waals surface area contributed by atoms with Gasteiger partial charge in [-0.2, -0.15) is 4.98 Å². The van der Waals surface area contributed by atoms with Crippen LogP contribution in [-0.4, -0.2) is 63.4 Å². The Kier molecular flexibility index (Phi) is 6.01. The second-order valence-corrected chi connectivity index (χ2v) is 7.56. The minimum atomic E-state index is -0.349. The molecular weight excluding hydrogens is 401 g/mol. The largest absolute Gasteiger partial charge is 0.341 e. The van der Waals surface area contributed by atoms with E-state index in [0.717, 1.165) is 0 Å². The van der Waals surface area contributed by atoms with Crippen LogP contribution in [-0.2, 0) is 17.6 Å². The molecule has 4 rings (SSSR count). The number of amides is 2. The number of hydrogen-bond acceptors (Lipinski definition) is 6. The van der Waals surface area contributed by atoms with Gasteiger partial charge in [-0.15, -0.1) is 0 Å². The van der Waals surface area contributed by atoms with Gasteiger partial charge in [0, 0.05) is 51.1 Å². The maximum atomic E-state index is 13.3. The van der Waals surface area contributed by atoms with Gasteiger partial charge in [-0.3, -0.25) is 14.6 Å². The molecule has 1 saturated heterocycles. The first-order chi connectivity index (χ1) is 15.0. The number of aromatic nitrogens is 3. The molecule has 1 fully saturated rings. The standard InChI is InChI=1S/C22H22FN5O3/c1-27(22(30)16-5-8-24-9-6-16)10-7-19-25-21(31-26-19)17-13-28(14-17)20(29)12-15-3-2-4-18(23)11-15/h2-6,8-9,11,17H,7,10,12-14H2,1H3. The van der Waals surface area contributed by atoms with Gasteiger partial charge in [-0.25, -0.2) is 4.39 Å². The molecule has 0 spiro atoms. The van der Waals surface area contributed by atoms with E-state index in [1.54, 1.807) is 53.5 Å². The number of halogens is 1. The minimum absolute atomic E-state index is 0.00566. The van der Waals surface area contributed by atoms with Crippen molar-refractivity contribution in [2.75, 3.05) is 26.7 Å². The first kappa shape index (κ1) is 20.6. The summed E-state index contributed by atoms with van der Waals surface area (Å²) in [4.78, 5) is 36.3. The van der Waals surface area contributed by atoms with Crippen molar-refractivity contribution in [1.29, 1.82) is 0 Å². The van der Waals surface area contributed by atoms with Gasteiger partial charge in [-0.05, 0) is 29.8 Å². The highest BCUT2D eigenvalue weighted by Crippen LogP contribution is 2.26. The number of nitrogens with zero attached hydrogens (tertiary/aromatic N) is 5. The number of rotatable bonds is 7. The molecule has 1 aliphatic heterocycles. The molecule has 0 bridgehead atoms. The molecule has 0 N–H and O–H groups in total. The average Bonchev–Trinajstić information content (AvgIpc) is 3.19. The SMILES string of the molecule is CN(CCc1noc(C2CN(C(=O)Cc3cccc(F)c3)C2)n1)C(=O)c1ccncc1. The predicted molar refractivity (Wildman–Crippen MR) is 109 cm³/mol. The van der Waals surface area contributed by atoms with Crippen LogP contribution in [0.4, 0.5) is 4.39 Å². The molecule has 0 aliphatic carbocycles. The van der Waals surface area contributed by atoms with Crippen LogP contribution in [0.1, 0.15) is 33.6 Å². The molecule has 160 valence electrons. The van der Waals surface area contributed by atoms with Crippen molar-refractivity contribution < 1.29 is 18.5 Å². The van der Waals surface area contributed by atoms with Crippen molar-refractivity contribution in [2.24, 2.45) is 0 Å². The zero-order valence-electron chi connectivity index (χ0n) is 17.1. The Morgan fingerprint density at radius 3 is 2.74 bits per heavy atom. The molecule has 3 aromatic rings. The van der Waals surface area contributed by atoms with Gasteiger partial charge in [-0.1, -0.05) is 17.3 Å². The summed E-state index contributed by atoms with van der Waals surface area (Å²) in [5.41, 5.74) is 1.22. The van der Waals surface area contributed by atoms with E-state index in [-0.39, 0.29) is 30.0 Å². The van der Waals surface area contributed by atoms with E-state index in [9.17, 15) is 14.0 Å². The average molecular weight is 423 g/mol. The zero-order valence-corrected chi connectivity index (χ0v) is 17.1. The predicted octanol–water partition coefficient (Wildman–Crippen LogP) is 2.09. The summed E-state index contributed by atoms with van der Waals surface area (Å²) in [5.74, 6) is 0.504. The van der Waals surface area contributed by atoms with E-state index in [0.29, 0.717) is 48.9 Å². The lowest BCUT2D eigenvalue weighted by Crippen LogP contribution is -2.49. The fourth-order valence-electron chi connectivity index (χ4n) is 3.39. The van der Waals surface area contributed by atoms with Crippen molar-refractivity contribution in [3.63, 3.8) is 0 Å². The maximum Gasteiger partial charge on any atom is 0.253 e. The van der Waals surface area contributed by atoms with Crippen LogP contribution in [0.3, 0.4) is 0 Å². The third kappa shape index (κ3) is 4.93. The van der Waals surface area contributed by atoms with Crippen molar-refractivity contribution >= 4 is 11.8 Å². The molecule has 8 nitrogen and oxygen atoms in total. The smallest absolute Gasteiger partial charge is 0.253 e. The van der Waals surface area contributed by atoms with Crippen LogP contribution < -0.4 is 0 Å². The molecule has 0 atom stereocenters. The summed E-state index contributed by atoms with van der Waals surface area (Å²) >= 11 is 0. The molecular formula is C22H22FN5O3. The van der Waals surface area contributed by atoms with Gasteiger partial charge in [0.05, 0.1) is 12.3 Å². The van der Waals surface area contributed by atoms with Crippen LogP contribution in [0.25, 0.3) is 0 Å². The Morgan fingerprint density at radius 2 is 2.00 bits per heavy atom. The lowest BCUT2D eigenvalue weighted by Gasteiger charge is -2.37. The van der Waals surface area contributed by atoms with E-state index in [2.05, 4.69) is 15.1 Å². The Balaban J connectivity index is 1.24. The summed E-state index contributed by atoms with van der Waals surface area (Å²) in [5, 5.41) is 3.99. The van der Waals surface area contributed by atoms with Crippen LogP contribution in [0, 0.1) is 5.82 Å². The van der Waals surface area contributed by atoms with E-state index >= 15 is 0 Å². The van der Waals surface area contributed by atoms with Gasteiger partial charge in [0.1, 0.15) is 5.82 Å². The molecule has 31 heavy (non-hydrogen) atoms. The molecule has 1 aromatic carbocycles. The highest BCUT2D eigenvalue weighted by Gasteiger charge is 2.35. The monoisotopic (exact) mass is 423 g/mol. The van der Waals surface area contributed by atoms with Crippen molar-refractivity contribution in [3.05, 3.63) is 77.5 Å². The number of pyridine rings is 1. The summed E-state index contributed by atoms with van der Waals surface area (Å²) in [6.07, 6.45) is 3.79. The molecule has 3 heterocycles. The number of carbonyl (C=O) groups excluding carboxylic acids is 2. The second kappa shape index (κ2) is 9.03. The Labute approximate surface area is 178 Å². The van der Waals surface area contributed by atoms with Gasteiger partial charge < -0.3 is 14.3 Å². The van der Waals surface area contributed by atoms with Gasteiger partial charge in [0.2, 0.25) is 11.8 Å². The summed E-state index contributed by atoms with van der Waals surface area (Å²) in [6, 6.07) is 9.40. The highest BCUT2D eigenvalue weighted by atomic mass is 19.1. The normalized spacial score (nSPS) is 13.7. The van der Waals surface area contributed by atoms with Crippen LogP contribution in [0.2, 0.25) is 0 Å². The number of hydrogen-bond donors (Lipinski definition) is 0. The highest BCUT2D eigenvalue weighted by molar-refractivity contribution is 5.93. The Bertz CT molecular complexity index is 1070. The van der Waals surface area contributed by atoms with Crippen LogP contribution >= 0.6 is 0 Å². The van der Waals surface area contributed by atoms with Gasteiger partial charge >= 0.3 is 0 Å². The molecule has 1 aliphatic rings. The third-order valence-corrected chi connectivity index (χ3v) is 5.26. The molecule has 2 aromatic heterocycles. The lowest BCUT2D eigenvalue weighted by atomic mass is 9.99. The third-order valence-electron chi connectivity index (χ3n) is 5.26. The van der Waals surface area contributed by atoms with E-state index in [1.165, 1.54) is 12.1 Å². The van der Waals surface area contributed by atoms with E-state index in [4.69, 9.17) is 4.52 Å². The molecule has 0 unspecified atom stereocenters. The van der Waals surface area contributed by atoms with E-state index in [1.807, 2.05) is 0 Å². The van der Waals surface area contributed by atoms with Crippen molar-refractivity contribution in [3.8, 4) is 0 Å². The molecule has 0 saturated carbocycles. The number of carbonyl (C=O) groups is 2. The summed E-state index contributed by atoms with van der Waals surface area (Å²) < 4.78 is 18.6. The van der Waals surface area contributed by atoms with Gasteiger partial charge in [0.25, 0.3) is 5.91 Å². The fourth-order valence-corrected chi connectivity index (χ4v) is 3.39. The molecule has 9 heteroatoms. The minimum Gasteiger partial charge on any atom is -0.341 e. The number of benzene rings is 1. The maximum absolute atomic E-state index is 13.3. The lowest BCUT2D eigenvalue weighted by molar-refractivity contribution is -0.135. The summed E-state index contributed by atoms with van der Waals surface area (Å²) in [7, 11) is 1.72. The van der Waals surface area contributed by atoms with Crippen molar-refractivity contribution in [2.45, 2.75) is 18.8 Å². The first-order valence-electron chi connectivity index (χ1n) is 10.00. The zero-order chi connectivity index (χ0) is 21.8. The van der Waals surface area contributed by atoms with Crippen LogP contribution in [0.5, 0.6) is 0 Å². The summed E-state index contributed by atoms with van der Waals surface area (Å²) in [6.45, 7) is 1.44. The Morgan fingerprint density at radius 1 is 1.23 bits per heavy atom. The molecule has 0 radical (unpaired) electrons. The Hall–Kier alpha value is -3.62. The fraction of sp³-hybridized carbons (Fsp3) is 0.318. The quantitative estimate of drug-likeness (QED) is 0.578. The van der Waals surface area contributed by atoms with Crippen molar-refractivity contribution in [1.82, 2.24) is 24.9 Å². The number of likely N-dealkylation sites (tertiary alicyclic amines) is 1. The van der Waals surface area contributed by atoms with Crippen LogP contribution in [0.15, 0.2) is 53.3 Å². The number of likely N-dealkylation sites (N-methyl/N-ethyl adjacent to an activating group) is 1. The molecule has 2 amide bonds. The second-order valence-electron chi connectivity index (χ2n) is 7.56. The first-order valence-corrected chi connectivity index (χ1v) is 10.00. The topological polar surface area (TPSA) is 92.4 Å². The van der Waals surface area contributed by atoms with E-state index < -0.39 is 0 Å².